The Morgan fingerprint density at radius 2 is 1.07 bits per heavy atom. The molecule has 69 heavy (non-hydrogen) atoms. The number of para-hydroxylation sites is 6. The number of anilines is 6. The molecule has 0 N–H and O–H groups in total. The second kappa shape index (κ2) is 15.3. The first kappa shape index (κ1) is 38.8. The molecule has 8 nitrogen and oxygen atoms in total. The zero-order chi connectivity index (χ0) is 45.5. The smallest absolute Gasteiger partial charge is 0.194 e. The van der Waals surface area contributed by atoms with Crippen LogP contribution < -0.4 is 19.3 Å². The molecule has 5 heterocycles. The molecule has 1 spiro atoms. The third kappa shape index (κ3) is 5.89. The number of ether oxygens (including phenoxy) is 2. The highest BCUT2D eigenvalue weighted by molar-refractivity contribution is 5.95. The largest absolute Gasteiger partial charge is 0.453 e. The van der Waals surface area contributed by atoms with Crippen LogP contribution in [0.1, 0.15) is 22.3 Å². The average molecular weight is 887 g/mol. The van der Waals surface area contributed by atoms with Crippen molar-refractivity contribution in [1.82, 2.24) is 19.9 Å². The fourth-order valence-corrected chi connectivity index (χ4v) is 10.7. The Kier molecular flexibility index (Phi) is 8.63. The third-order valence-electron chi connectivity index (χ3n) is 13.5. The fourth-order valence-electron chi connectivity index (χ4n) is 10.7. The predicted octanol–water partition coefficient (Wildman–Crippen LogP) is 15.3. The Hall–Kier alpha value is -9.40. The van der Waals surface area contributed by atoms with Crippen LogP contribution >= 0.6 is 0 Å². The van der Waals surface area contributed by atoms with Crippen molar-refractivity contribution >= 4 is 45.0 Å². The van der Waals surface area contributed by atoms with E-state index in [0.717, 1.165) is 95.7 Å². The van der Waals surface area contributed by atoms with Gasteiger partial charge in [0.05, 0.1) is 39.4 Å². The second-order valence-corrected chi connectivity index (χ2v) is 17.3. The summed E-state index contributed by atoms with van der Waals surface area (Å²) in [4.78, 5) is 25.4. The maximum absolute atomic E-state index is 7.14. The Bertz CT molecular complexity index is 3790. The van der Waals surface area contributed by atoms with Gasteiger partial charge in [-0.2, -0.15) is 0 Å². The minimum atomic E-state index is -0.861. The number of hydrogen-bond acceptors (Lipinski definition) is 8. The molecule has 0 saturated heterocycles. The molecule has 1 unspecified atom stereocenters. The number of rotatable bonds is 6. The van der Waals surface area contributed by atoms with Crippen molar-refractivity contribution in [1.29, 1.82) is 0 Å². The number of nitrogens with zero attached hydrogens (tertiary/aromatic N) is 6. The Morgan fingerprint density at radius 1 is 0.420 bits per heavy atom. The number of benzene rings is 8. The van der Waals surface area contributed by atoms with Crippen LogP contribution in [0.15, 0.2) is 231 Å². The van der Waals surface area contributed by atoms with E-state index in [-0.39, 0.29) is 0 Å². The van der Waals surface area contributed by atoms with Crippen molar-refractivity contribution in [3.05, 3.63) is 253 Å². The van der Waals surface area contributed by atoms with E-state index in [1.807, 2.05) is 85.1 Å². The van der Waals surface area contributed by atoms with Crippen molar-refractivity contribution in [2.45, 2.75) is 5.41 Å². The first-order valence-corrected chi connectivity index (χ1v) is 23.0. The van der Waals surface area contributed by atoms with Crippen molar-refractivity contribution < 1.29 is 9.47 Å². The van der Waals surface area contributed by atoms with Crippen LogP contribution in [-0.2, 0) is 5.41 Å². The molecule has 2 aliphatic heterocycles. The topological polar surface area (TPSA) is 76.5 Å². The summed E-state index contributed by atoms with van der Waals surface area (Å²) in [6, 6.07) is 77.3. The standard InChI is InChI=1S/C61H38N6O2/c1-4-18-39(19-5-1)55-44-26-10-12-29-49(44)64-60(65-55)50-35-33-47-57(63-50)56-46(28-17-37-62-56)61(47)45-27-11-14-31-53(45)68-58-48(61)34-36-52-59(58)69-54-32-15-13-30-51(54)67(52)43-25-16-24-42(38-43)66(40-20-6-2-7-21-40)41-22-8-3-9-23-41/h1-38H. The minimum absolute atomic E-state index is 0.544. The molecule has 0 fully saturated rings. The van der Waals surface area contributed by atoms with Gasteiger partial charge in [-0.25, -0.2) is 15.0 Å². The monoisotopic (exact) mass is 886 g/mol. The molecule has 14 rings (SSSR count). The molecule has 1 aliphatic carbocycles. The Morgan fingerprint density at radius 3 is 1.90 bits per heavy atom. The summed E-state index contributed by atoms with van der Waals surface area (Å²) in [5.41, 5.74) is 13.9. The van der Waals surface area contributed by atoms with Gasteiger partial charge < -0.3 is 19.3 Å². The van der Waals surface area contributed by atoms with Crippen LogP contribution in [0.25, 0.3) is 45.1 Å². The lowest BCUT2D eigenvalue weighted by Crippen LogP contribution is -2.33. The van der Waals surface area contributed by atoms with E-state index in [0.29, 0.717) is 28.8 Å². The van der Waals surface area contributed by atoms with Crippen LogP contribution in [-0.4, -0.2) is 19.9 Å². The zero-order valence-electron chi connectivity index (χ0n) is 36.9. The molecule has 8 heteroatoms. The summed E-state index contributed by atoms with van der Waals surface area (Å²) in [5.74, 6) is 3.24. The molecule has 3 aromatic heterocycles. The molecule has 3 aliphatic rings. The number of aromatic nitrogens is 4. The van der Waals surface area contributed by atoms with Gasteiger partial charge in [-0.05, 0) is 96.1 Å². The molecular weight excluding hydrogens is 849 g/mol. The summed E-state index contributed by atoms with van der Waals surface area (Å²) < 4.78 is 14.2. The van der Waals surface area contributed by atoms with Crippen LogP contribution in [0.3, 0.4) is 0 Å². The van der Waals surface area contributed by atoms with E-state index in [4.69, 9.17) is 29.4 Å². The summed E-state index contributed by atoms with van der Waals surface area (Å²) in [7, 11) is 0. The predicted molar refractivity (Wildman–Crippen MR) is 273 cm³/mol. The normalized spacial score (nSPS) is 14.6. The lowest BCUT2D eigenvalue weighted by Gasteiger charge is -2.41. The van der Waals surface area contributed by atoms with Crippen LogP contribution in [0.2, 0.25) is 0 Å². The van der Waals surface area contributed by atoms with Crippen molar-refractivity contribution in [2.24, 2.45) is 0 Å². The van der Waals surface area contributed by atoms with Gasteiger partial charge in [0.1, 0.15) is 11.4 Å². The molecule has 8 aromatic carbocycles. The van der Waals surface area contributed by atoms with E-state index in [1.54, 1.807) is 0 Å². The first-order chi connectivity index (χ1) is 34.2. The highest BCUT2D eigenvalue weighted by atomic mass is 16.5. The van der Waals surface area contributed by atoms with E-state index in [1.165, 1.54) is 0 Å². The van der Waals surface area contributed by atoms with E-state index >= 15 is 0 Å². The zero-order valence-corrected chi connectivity index (χ0v) is 36.9. The fraction of sp³-hybridized carbons (Fsp3) is 0.0164. The first-order valence-electron chi connectivity index (χ1n) is 23.0. The molecule has 11 aromatic rings. The maximum Gasteiger partial charge on any atom is 0.194 e. The van der Waals surface area contributed by atoms with Crippen LogP contribution in [0.4, 0.5) is 34.1 Å². The molecule has 0 radical (unpaired) electrons. The lowest BCUT2D eigenvalue weighted by molar-refractivity contribution is 0.391. The van der Waals surface area contributed by atoms with Gasteiger partial charge in [0.25, 0.3) is 0 Å². The van der Waals surface area contributed by atoms with Crippen molar-refractivity contribution in [3.8, 4) is 57.2 Å². The van der Waals surface area contributed by atoms with E-state index in [2.05, 4.69) is 155 Å². The van der Waals surface area contributed by atoms with Gasteiger partial charge in [-0.3, -0.25) is 4.98 Å². The SMILES string of the molecule is c1ccc(-c2nc(-c3ccc4c(n3)-c3ncccc3C43c4ccccc4Oc4c3ccc3c4Oc4ccccc4N3c3cccc(N(c4ccccc4)c4ccccc4)c3)nc3ccccc23)cc1. The number of pyridine rings is 2. The lowest BCUT2D eigenvalue weighted by atomic mass is 9.66. The van der Waals surface area contributed by atoms with Gasteiger partial charge in [0.2, 0.25) is 0 Å². The van der Waals surface area contributed by atoms with E-state index < -0.39 is 5.41 Å². The maximum atomic E-state index is 7.14. The highest BCUT2D eigenvalue weighted by Crippen LogP contribution is 2.66. The summed E-state index contributed by atoms with van der Waals surface area (Å²) >= 11 is 0. The quantitative estimate of drug-likeness (QED) is 0.163. The number of fused-ring (bicyclic) bond motifs is 13. The van der Waals surface area contributed by atoms with Gasteiger partial charge >= 0.3 is 0 Å². The summed E-state index contributed by atoms with van der Waals surface area (Å²) in [6.07, 6.45) is 1.85. The summed E-state index contributed by atoms with van der Waals surface area (Å²) in [6.45, 7) is 0. The second-order valence-electron chi connectivity index (χ2n) is 17.3. The van der Waals surface area contributed by atoms with Crippen molar-refractivity contribution in [3.63, 3.8) is 0 Å². The van der Waals surface area contributed by atoms with Gasteiger partial charge in [0, 0.05) is 51.0 Å². The molecule has 0 amide bonds. The summed E-state index contributed by atoms with van der Waals surface area (Å²) in [5, 5.41) is 0.982. The van der Waals surface area contributed by atoms with Crippen LogP contribution in [0.5, 0.6) is 23.0 Å². The molecular formula is C61H38N6O2. The van der Waals surface area contributed by atoms with Crippen LogP contribution in [0, 0.1) is 0 Å². The van der Waals surface area contributed by atoms with Gasteiger partial charge in [0.15, 0.2) is 23.1 Å². The van der Waals surface area contributed by atoms with E-state index in [9.17, 15) is 0 Å². The molecule has 1 atom stereocenters. The highest BCUT2D eigenvalue weighted by Gasteiger charge is 2.54. The Labute approximate surface area is 398 Å². The molecule has 0 bridgehead atoms. The molecule has 324 valence electrons. The average Bonchev–Trinajstić information content (AvgIpc) is 3.70. The third-order valence-corrected chi connectivity index (χ3v) is 13.5. The molecule has 0 saturated carbocycles. The van der Waals surface area contributed by atoms with Crippen molar-refractivity contribution in [2.75, 3.05) is 9.80 Å². The number of hydrogen-bond donors (Lipinski definition) is 0. The Balaban J connectivity index is 0.961. The van der Waals surface area contributed by atoms with Gasteiger partial charge in [-0.15, -0.1) is 0 Å². The minimum Gasteiger partial charge on any atom is -0.453 e. The van der Waals surface area contributed by atoms with Gasteiger partial charge in [-0.1, -0.05) is 140 Å².